The van der Waals surface area contributed by atoms with E-state index in [9.17, 15) is 0 Å². The number of fused-ring (bicyclic) bond motifs is 5. The second kappa shape index (κ2) is 8.73. The molecule has 202 valence electrons. The molecule has 0 bridgehead atoms. The summed E-state index contributed by atoms with van der Waals surface area (Å²) in [6, 6.07) is 33.2. The molecule has 2 aliphatic heterocycles. The molecule has 8 rings (SSSR count). The van der Waals surface area contributed by atoms with Gasteiger partial charge < -0.3 is 24.2 Å². The summed E-state index contributed by atoms with van der Waals surface area (Å²) in [5.74, 6) is -1.19. The molecule has 5 nitrogen and oxygen atoms in total. The molecule has 0 unspecified atom stereocenters. The zero-order chi connectivity index (χ0) is 27.8. The minimum atomic E-state index is -0.594. The Morgan fingerprint density at radius 3 is 1.34 bits per heavy atom. The van der Waals surface area contributed by atoms with E-state index in [0.717, 1.165) is 44.6 Å². The Morgan fingerprint density at radius 1 is 0.488 bits per heavy atom. The predicted octanol–water partition coefficient (Wildman–Crippen LogP) is 8.15. The first-order valence-electron chi connectivity index (χ1n) is 13.7. The number of hydrogen-bond donors (Lipinski definition) is 0. The molecule has 3 heterocycles. The van der Waals surface area contributed by atoms with Gasteiger partial charge in [-0.15, -0.1) is 0 Å². The van der Waals surface area contributed by atoms with Crippen LogP contribution in [0.25, 0.3) is 27.5 Å². The fourth-order valence-corrected chi connectivity index (χ4v) is 6.52. The molecule has 0 radical (unpaired) electrons. The van der Waals surface area contributed by atoms with Crippen LogP contribution >= 0.6 is 0 Å². The molecule has 0 atom stereocenters. The van der Waals surface area contributed by atoms with Crippen LogP contribution in [0.5, 0.6) is 0 Å². The summed E-state index contributed by atoms with van der Waals surface area (Å²) in [5.41, 5.74) is 5.89. The Bertz CT molecular complexity index is 1860. The molecule has 0 fully saturated rings. The van der Waals surface area contributed by atoms with Gasteiger partial charge in [0.25, 0.3) is 0 Å². The van der Waals surface area contributed by atoms with Gasteiger partial charge in [0.1, 0.15) is 5.69 Å². The van der Waals surface area contributed by atoms with Crippen LogP contribution in [0, 0.1) is 11.6 Å². The summed E-state index contributed by atoms with van der Waals surface area (Å²) >= 11 is 0. The molecule has 2 aliphatic rings. The predicted molar refractivity (Wildman–Crippen MR) is 164 cm³/mol. The van der Waals surface area contributed by atoms with Crippen molar-refractivity contribution < 1.29 is 8.78 Å². The lowest BCUT2D eigenvalue weighted by atomic mass is 10.1. The number of anilines is 6. The van der Waals surface area contributed by atoms with Crippen molar-refractivity contribution in [1.29, 1.82) is 0 Å². The standard InChI is InChI=1S/C34H27F2N5/c1-37-20-39(28-17-9-7-15-26(28)37)30-19-31(40-21-38(2)27-16-8-10-18-29(27)40)33(36)34(32(30)35)41-24-13-5-3-11-22(24)23-12-4-6-14-25(23)41/h3-19H,20-21H2,1-2H3. The van der Waals surface area contributed by atoms with Crippen molar-refractivity contribution in [3.63, 3.8) is 0 Å². The smallest absolute Gasteiger partial charge is 0.174 e. The maximum atomic E-state index is 17.1. The summed E-state index contributed by atoms with van der Waals surface area (Å²) in [5, 5.41) is 1.90. The van der Waals surface area contributed by atoms with Crippen molar-refractivity contribution in [2.45, 2.75) is 0 Å². The van der Waals surface area contributed by atoms with Crippen molar-refractivity contribution in [2.75, 3.05) is 47.0 Å². The normalized spacial score (nSPS) is 14.4. The summed E-state index contributed by atoms with van der Waals surface area (Å²) in [4.78, 5) is 8.04. The zero-order valence-electron chi connectivity index (χ0n) is 22.7. The van der Waals surface area contributed by atoms with Crippen LogP contribution in [0.1, 0.15) is 0 Å². The third-order valence-corrected chi connectivity index (χ3v) is 8.40. The molecule has 0 saturated carbocycles. The van der Waals surface area contributed by atoms with E-state index in [4.69, 9.17) is 0 Å². The van der Waals surface area contributed by atoms with Gasteiger partial charge in [-0.3, -0.25) is 0 Å². The highest BCUT2D eigenvalue weighted by molar-refractivity contribution is 6.09. The molecule has 0 N–H and O–H groups in total. The summed E-state index contributed by atoms with van der Waals surface area (Å²) in [6.45, 7) is 0.898. The third-order valence-electron chi connectivity index (χ3n) is 8.40. The first-order valence-corrected chi connectivity index (χ1v) is 13.7. The minimum absolute atomic E-state index is 0.0750. The van der Waals surface area contributed by atoms with Crippen LogP contribution in [0.4, 0.5) is 42.9 Å². The van der Waals surface area contributed by atoms with Gasteiger partial charge in [0.05, 0.1) is 58.5 Å². The number of hydrogen-bond acceptors (Lipinski definition) is 4. The van der Waals surface area contributed by atoms with Crippen molar-refractivity contribution in [3.8, 4) is 5.69 Å². The van der Waals surface area contributed by atoms with Gasteiger partial charge in [0.2, 0.25) is 0 Å². The molecule has 6 aromatic rings. The van der Waals surface area contributed by atoms with Gasteiger partial charge in [-0.05, 0) is 42.5 Å². The van der Waals surface area contributed by atoms with E-state index in [1.807, 2.05) is 121 Å². The van der Waals surface area contributed by atoms with Crippen molar-refractivity contribution >= 4 is 55.9 Å². The monoisotopic (exact) mass is 543 g/mol. The van der Waals surface area contributed by atoms with Gasteiger partial charge in [-0.2, -0.15) is 0 Å². The average molecular weight is 544 g/mol. The quantitative estimate of drug-likeness (QED) is 0.224. The van der Waals surface area contributed by atoms with Gasteiger partial charge >= 0.3 is 0 Å². The number of halogens is 2. The number of aromatic nitrogens is 1. The van der Waals surface area contributed by atoms with E-state index in [0.29, 0.717) is 24.7 Å². The van der Waals surface area contributed by atoms with Gasteiger partial charge in [-0.1, -0.05) is 60.7 Å². The van der Waals surface area contributed by atoms with E-state index in [-0.39, 0.29) is 5.69 Å². The van der Waals surface area contributed by atoms with E-state index in [1.54, 1.807) is 10.6 Å². The molecule has 0 saturated heterocycles. The summed E-state index contributed by atoms with van der Waals surface area (Å²) in [7, 11) is 3.97. The van der Waals surface area contributed by atoms with E-state index in [1.165, 1.54) is 0 Å². The SMILES string of the molecule is CN1CN(c2cc(N3CN(C)c4ccccc43)c(F)c(-n3c4ccccc4c4ccccc43)c2F)c2ccccc21. The maximum Gasteiger partial charge on any atom is 0.174 e. The van der Waals surface area contributed by atoms with E-state index < -0.39 is 11.6 Å². The Hall–Kier alpha value is -5.04. The lowest BCUT2D eigenvalue weighted by molar-refractivity contribution is 0.572. The van der Waals surface area contributed by atoms with Crippen LogP contribution in [0.3, 0.4) is 0 Å². The zero-order valence-corrected chi connectivity index (χ0v) is 22.7. The topological polar surface area (TPSA) is 17.9 Å². The molecule has 7 heteroatoms. The Morgan fingerprint density at radius 2 is 0.878 bits per heavy atom. The molecule has 41 heavy (non-hydrogen) atoms. The van der Waals surface area contributed by atoms with Crippen LogP contribution in [0.15, 0.2) is 103 Å². The summed E-state index contributed by atoms with van der Waals surface area (Å²) in [6.07, 6.45) is 0. The third kappa shape index (κ3) is 3.32. The number of rotatable bonds is 3. The highest BCUT2D eigenvalue weighted by atomic mass is 19.1. The van der Waals surface area contributed by atoms with Crippen molar-refractivity contribution in [1.82, 2.24) is 4.57 Å². The van der Waals surface area contributed by atoms with Crippen LogP contribution in [0.2, 0.25) is 0 Å². The van der Waals surface area contributed by atoms with Crippen LogP contribution < -0.4 is 19.6 Å². The number of para-hydroxylation sites is 6. The fourth-order valence-electron chi connectivity index (χ4n) is 6.52. The molecule has 0 aliphatic carbocycles. The molecule has 0 spiro atoms. The second-order valence-corrected chi connectivity index (χ2v) is 10.8. The first-order chi connectivity index (χ1) is 20.0. The molecular weight excluding hydrogens is 516 g/mol. The van der Waals surface area contributed by atoms with Crippen molar-refractivity contribution in [3.05, 3.63) is 115 Å². The number of benzene rings is 5. The lowest BCUT2D eigenvalue weighted by Crippen LogP contribution is -2.28. The molecule has 5 aromatic carbocycles. The Labute approximate surface area is 236 Å². The second-order valence-electron chi connectivity index (χ2n) is 10.8. The average Bonchev–Trinajstić information content (AvgIpc) is 3.64. The van der Waals surface area contributed by atoms with Crippen LogP contribution in [-0.2, 0) is 0 Å². The van der Waals surface area contributed by atoms with Gasteiger partial charge in [-0.25, -0.2) is 8.78 Å². The lowest BCUT2D eigenvalue weighted by Gasteiger charge is -2.27. The maximum absolute atomic E-state index is 17.1. The van der Waals surface area contributed by atoms with Crippen LogP contribution in [-0.4, -0.2) is 32.0 Å². The molecule has 1 aromatic heterocycles. The highest BCUT2D eigenvalue weighted by Gasteiger charge is 2.34. The van der Waals surface area contributed by atoms with Gasteiger partial charge in [0.15, 0.2) is 11.6 Å². The first kappa shape index (κ1) is 23.8. The van der Waals surface area contributed by atoms with E-state index in [2.05, 4.69) is 9.80 Å². The Balaban J connectivity index is 1.46. The molecule has 0 amide bonds. The highest BCUT2D eigenvalue weighted by Crippen LogP contribution is 2.48. The van der Waals surface area contributed by atoms with E-state index >= 15 is 8.78 Å². The number of nitrogens with zero attached hydrogens (tertiary/aromatic N) is 5. The molecular formula is C34H27F2N5. The minimum Gasteiger partial charge on any atom is -0.355 e. The van der Waals surface area contributed by atoms with Gasteiger partial charge in [0, 0.05) is 24.9 Å². The Kier molecular flexibility index (Phi) is 5.07. The fraction of sp³-hybridized carbons (Fsp3) is 0.118. The summed E-state index contributed by atoms with van der Waals surface area (Å²) < 4.78 is 36.0. The largest absolute Gasteiger partial charge is 0.355 e. The van der Waals surface area contributed by atoms with Crippen molar-refractivity contribution in [2.24, 2.45) is 0 Å².